The second kappa shape index (κ2) is 5.13. The Hall–Kier alpha value is -0.860. The number of allylic oxidation sites excluding steroid dienone is 1. The Labute approximate surface area is 89.4 Å². The maximum atomic E-state index is 7.47. The van der Waals surface area contributed by atoms with Crippen LogP contribution >= 0.6 is 11.6 Å². The van der Waals surface area contributed by atoms with Gasteiger partial charge in [-0.05, 0) is 11.6 Å². The molecule has 0 spiro atoms. The van der Waals surface area contributed by atoms with E-state index in [4.69, 9.17) is 21.7 Å². The van der Waals surface area contributed by atoms with Gasteiger partial charge in [-0.15, -0.1) is 11.6 Å². The average Bonchev–Trinajstić information content (AvgIpc) is 2.19. The van der Waals surface area contributed by atoms with Gasteiger partial charge in [0.05, 0.1) is 18.1 Å². The van der Waals surface area contributed by atoms with Crippen LogP contribution in [0.25, 0.3) is 0 Å². The van der Waals surface area contributed by atoms with Crippen molar-refractivity contribution in [3.8, 4) is 0 Å². The van der Waals surface area contributed by atoms with Crippen LogP contribution in [0.1, 0.15) is 6.42 Å². The average molecular weight is 212 g/mol. The van der Waals surface area contributed by atoms with Crippen molar-refractivity contribution in [2.24, 2.45) is 0 Å². The van der Waals surface area contributed by atoms with Gasteiger partial charge >= 0.3 is 0 Å². The Morgan fingerprint density at radius 2 is 2.50 bits per heavy atom. The Morgan fingerprint density at radius 3 is 3.14 bits per heavy atom. The predicted molar refractivity (Wildman–Crippen MR) is 60.2 cm³/mol. The topological polar surface area (TPSA) is 33.1 Å². The highest BCUT2D eigenvalue weighted by atomic mass is 35.5. The molecule has 1 aliphatic rings. The van der Waals surface area contributed by atoms with Crippen molar-refractivity contribution in [2.45, 2.75) is 17.9 Å². The molecule has 0 aromatic rings. The van der Waals surface area contributed by atoms with E-state index in [0.717, 1.165) is 5.57 Å². The molecule has 2 atom stereocenters. The van der Waals surface area contributed by atoms with Gasteiger partial charge < -0.3 is 10.1 Å². The first-order valence-corrected chi connectivity index (χ1v) is 4.88. The van der Waals surface area contributed by atoms with E-state index in [2.05, 4.69) is 13.2 Å². The predicted octanol–water partition coefficient (Wildman–Crippen LogP) is 2.70. The largest absolute Gasteiger partial charge is 0.371 e. The normalized spacial score (nSPS) is 26.2. The zero-order valence-corrected chi connectivity index (χ0v) is 8.76. The van der Waals surface area contributed by atoms with Gasteiger partial charge in [-0.25, -0.2) is 0 Å². The second-order valence-electron chi connectivity index (χ2n) is 3.24. The number of hydrogen-bond donors (Lipinski definition) is 1. The highest BCUT2D eigenvalue weighted by Gasteiger charge is 2.22. The van der Waals surface area contributed by atoms with E-state index in [1.54, 1.807) is 18.2 Å². The fourth-order valence-corrected chi connectivity index (χ4v) is 1.39. The molecule has 0 fully saturated rings. The molecular weight excluding hydrogens is 198 g/mol. The number of halogens is 1. The van der Waals surface area contributed by atoms with Crippen LogP contribution in [0.3, 0.4) is 0 Å². The number of nitrogens with one attached hydrogen (secondary N) is 1. The molecule has 0 saturated carbocycles. The molecule has 1 rings (SSSR count). The summed E-state index contributed by atoms with van der Waals surface area (Å²) in [5, 5.41) is 7.32. The van der Waals surface area contributed by atoms with E-state index in [1.165, 1.54) is 0 Å². The molecule has 1 aliphatic carbocycles. The molecule has 0 aromatic carbocycles. The summed E-state index contributed by atoms with van der Waals surface area (Å²) in [6.45, 7) is 7.76. The van der Waals surface area contributed by atoms with E-state index in [-0.39, 0.29) is 11.5 Å². The Kier molecular flexibility index (Phi) is 4.11. The first kappa shape index (κ1) is 11.2. The van der Waals surface area contributed by atoms with Gasteiger partial charge in [-0.3, -0.25) is 0 Å². The third-order valence-corrected chi connectivity index (χ3v) is 2.46. The number of ether oxygens (including phenoxy) is 1. The monoisotopic (exact) mass is 211 g/mol. The van der Waals surface area contributed by atoms with Gasteiger partial charge in [0.2, 0.25) is 0 Å². The van der Waals surface area contributed by atoms with Crippen molar-refractivity contribution in [3.05, 3.63) is 37.0 Å². The van der Waals surface area contributed by atoms with Crippen LogP contribution < -0.4 is 0 Å². The van der Waals surface area contributed by atoms with Crippen LogP contribution in [0.4, 0.5) is 0 Å². The van der Waals surface area contributed by atoms with Crippen molar-refractivity contribution in [1.82, 2.24) is 0 Å². The fraction of sp³-hybridized carbons (Fsp3) is 0.364. The number of hydrogen-bond acceptors (Lipinski definition) is 2. The van der Waals surface area contributed by atoms with Crippen LogP contribution in [0.5, 0.6) is 0 Å². The van der Waals surface area contributed by atoms with Gasteiger partial charge in [0.1, 0.15) is 0 Å². The molecule has 0 amide bonds. The van der Waals surface area contributed by atoms with Crippen LogP contribution in [0.15, 0.2) is 37.0 Å². The van der Waals surface area contributed by atoms with Crippen LogP contribution in [0, 0.1) is 5.41 Å². The van der Waals surface area contributed by atoms with Crippen molar-refractivity contribution in [1.29, 1.82) is 5.41 Å². The van der Waals surface area contributed by atoms with Crippen molar-refractivity contribution in [3.63, 3.8) is 0 Å². The van der Waals surface area contributed by atoms with Gasteiger partial charge in [0.15, 0.2) is 0 Å². The lowest BCUT2D eigenvalue weighted by atomic mass is 10.0. The minimum absolute atomic E-state index is 0.120. The fourth-order valence-electron chi connectivity index (χ4n) is 1.15. The maximum absolute atomic E-state index is 7.47. The standard InChI is InChI=1S/C11H14ClNO/c1-3-8(2)7-14-11-6-9(13)4-5-10(11)12/h3-5,10-11,13H,1-2,6-7H2. The van der Waals surface area contributed by atoms with Crippen LogP contribution in [-0.2, 0) is 4.74 Å². The molecule has 3 heteroatoms. The first-order valence-electron chi connectivity index (χ1n) is 4.45. The summed E-state index contributed by atoms with van der Waals surface area (Å²) < 4.78 is 5.52. The SMILES string of the molecule is C=CC(=C)COC1CC(=N)C=CC1Cl. The molecule has 0 bridgehead atoms. The van der Waals surface area contributed by atoms with Crippen LogP contribution in [0.2, 0.25) is 0 Å². The molecule has 2 nitrogen and oxygen atoms in total. The maximum Gasteiger partial charge on any atom is 0.0833 e. The van der Waals surface area contributed by atoms with Gasteiger partial charge in [-0.1, -0.05) is 25.3 Å². The molecule has 0 radical (unpaired) electrons. The molecule has 0 saturated heterocycles. The van der Waals surface area contributed by atoms with Crippen LogP contribution in [-0.4, -0.2) is 23.8 Å². The van der Waals surface area contributed by atoms with Crippen molar-refractivity contribution >= 4 is 17.3 Å². The summed E-state index contributed by atoms with van der Waals surface area (Å²) in [6, 6.07) is 0. The highest BCUT2D eigenvalue weighted by Crippen LogP contribution is 2.18. The number of rotatable bonds is 4. The summed E-state index contributed by atoms with van der Waals surface area (Å²) in [4.78, 5) is 0. The lowest BCUT2D eigenvalue weighted by molar-refractivity contribution is 0.0800. The quantitative estimate of drug-likeness (QED) is 0.563. The van der Waals surface area contributed by atoms with Crippen molar-refractivity contribution in [2.75, 3.05) is 6.61 Å². The third kappa shape index (κ3) is 3.13. The Bertz CT molecular complexity index is 283. The lowest BCUT2D eigenvalue weighted by Gasteiger charge is -2.23. The van der Waals surface area contributed by atoms with E-state index >= 15 is 0 Å². The summed E-state index contributed by atoms with van der Waals surface area (Å²) >= 11 is 6.01. The van der Waals surface area contributed by atoms with E-state index in [9.17, 15) is 0 Å². The summed E-state index contributed by atoms with van der Waals surface area (Å²) in [6.07, 6.45) is 5.61. The Morgan fingerprint density at radius 1 is 1.79 bits per heavy atom. The first-order chi connectivity index (χ1) is 6.63. The van der Waals surface area contributed by atoms with E-state index in [0.29, 0.717) is 18.7 Å². The minimum Gasteiger partial charge on any atom is -0.371 e. The molecule has 2 unspecified atom stereocenters. The zero-order chi connectivity index (χ0) is 10.6. The number of alkyl halides is 1. The summed E-state index contributed by atoms with van der Waals surface area (Å²) in [7, 11) is 0. The lowest BCUT2D eigenvalue weighted by Crippen LogP contribution is -2.29. The smallest absolute Gasteiger partial charge is 0.0833 e. The van der Waals surface area contributed by atoms with E-state index in [1.807, 2.05) is 0 Å². The third-order valence-electron chi connectivity index (χ3n) is 2.03. The minimum atomic E-state index is -0.151. The molecule has 14 heavy (non-hydrogen) atoms. The molecular formula is C11H14ClNO. The van der Waals surface area contributed by atoms with Crippen molar-refractivity contribution < 1.29 is 4.74 Å². The summed E-state index contributed by atoms with van der Waals surface area (Å²) in [5.74, 6) is 0. The molecule has 0 heterocycles. The van der Waals surface area contributed by atoms with E-state index < -0.39 is 0 Å². The zero-order valence-electron chi connectivity index (χ0n) is 8.00. The molecule has 0 aliphatic heterocycles. The second-order valence-corrected chi connectivity index (χ2v) is 3.75. The van der Waals surface area contributed by atoms with Gasteiger partial charge in [0, 0.05) is 12.1 Å². The summed E-state index contributed by atoms with van der Waals surface area (Å²) in [5.41, 5.74) is 1.38. The molecule has 76 valence electrons. The Balaban J connectivity index is 2.44. The molecule has 1 N–H and O–H groups in total. The van der Waals surface area contributed by atoms with Gasteiger partial charge in [0.25, 0.3) is 0 Å². The molecule has 0 aromatic heterocycles. The highest BCUT2D eigenvalue weighted by molar-refractivity contribution is 6.23. The van der Waals surface area contributed by atoms with Gasteiger partial charge in [-0.2, -0.15) is 0 Å².